The molecule has 29 heavy (non-hydrogen) atoms. The minimum Gasteiger partial charge on any atom is -0.494 e. The Balaban J connectivity index is 1.82. The number of hydrogen-bond acceptors (Lipinski definition) is 6. The molecule has 0 radical (unpaired) electrons. The van der Waals surface area contributed by atoms with Gasteiger partial charge in [-0.15, -0.1) is 5.10 Å². The van der Waals surface area contributed by atoms with Crippen LogP contribution in [0.2, 0.25) is 0 Å². The summed E-state index contributed by atoms with van der Waals surface area (Å²) in [5, 5.41) is 12.2. The van der Waals surface area contributed by atoms with Gasteiger partial charge in [0.25, 0.3) is 0 Å². The molecular weight excluding hydrogens is 384 g/mol. The van der Waals surface area contributed by atoms with Gasteiger partial charge in [-0.2, -0.15) is 4.68 Å². The van der Waals surface area contributed by atoms with E-state index in [1.54, 1.807) is 11.8 Å². The van der Waals surface area contributed by atoms with Crippen LogP contribution in [0.4, 0.5) is 0 Å². The quantitative estimate of drug-likeness (QED) is 0.435. The van der Waals surface area contributed by atoms with E-state index in [-0.39, 0.29) is 16.4 Å². The first-order valence-electron chi connectivity index (χ1n) is 9.45. The van der Waals surface area contributed by atoms with Crippen LogP contribution in [0.25, 0.3) is 5.69 Å². The molecule has 0 N–H and O–H groups in total. The van der Waals surface area contributed by atoms with Gasteiger partial charge in [-0.05, 0) is 52.9 Å². The summed E-state index contributed by atoms with van der Waals surface area (Å²) in [6, 6.07) is 13.6. The van der Waals surface area contributed by atoms with Crippen molar-refractivity contribution in [1.29, 1.82) is 0 Å². The number of benzene rings is 2. The Kier molecular flexibility index (Phi) is 6.07. The Hall–Kier alpha value is -2.67. The number of aryl methyl sites for hydroxylation is 1. The van der Waals surface area contributed by atoms with Crippen LogP contribution in [-0.2, 0) is 5.41 Å². The van der Waals surface area contributed by atoms with Crippen LogP contribution in [0.3, 0.4) is 0 Å². The number of ether oxygens (including phenoxy) is 1. The highest BCUT2D eigenvalue weighted by molar-refractivity contribution is 8.00. The van der Waals surface area contributed by atoms with E-state index < -0.39 is 0 Å². The van der Waals surface area contributed by atoms with E-state index in [4.69, 9.17) is 4.74 Å². The second-order valence-electron chi connectivity index (χ2n) is 8.00. The fourth-order valence-corrected chi connectivity index (χ4v) is 3.83. The van der Waals surface area contributed by atoms with Gasteiger partial charge in [0.2, 0.25) is 5.16 Å². The highest BCUT2D eigenvalue weighted by atomic mass is 32.2. The Morgan fingerprint density at radius 3 is 2.45 bits per heavy atom. The van der Waals surface area contributed by atoms with Crippen molar-refractivity contribution in [2.24, 2.45) is 0 Å². The molecule has 0 aliphatic heterocycles. The first-order chi connectivity index (χ1) is 13.7. The third kappa shape index (κ3) is 4.67. The number of hydrogen-bond donors (Lipinski definition) is 0. The van der Waals surface area contributed by atoms with E-state index in [0.29, 0.717) is 16.5 Å². The van der Waals surface area contributed by atoms with Crippen molar-refractivity contribution < 1.29 is 9.53 Å². The molecule has 1 heterocycles. The molecule has 6 nitrogen and oxygen atoms in total. The van der Waals surface area contributed by atoms with Crippen molar-refractivity contribution in [2.75, 3.05) is 7.11 Å². The van der Waals surface area contributed by atoms with E-state index in [1.165, 1.54) is 17.3 Å². The van der Waals surface area contributed by atoms with Crippen molar-refractivity contribution in [3.8, 4) is 11.4 Å². The lowest BCUT2D eigenvalue weighted by molar-refractivity contribution is 0.0994. The Labute approximate surface area is 175 Å². The Morgan fingerprint density at radius 1 is 1.14 bits per heavy atom. The normalized spacial score (nSPS) is 12.6. The number of Topliss-reactive ketones (excluding diaryl/α,β-unsaturated/α-hetero) is 1. The van der Waals surface area contributed by atoms with Crippen LogP contribution >= 0.6 is 11.8 Å². The molecule has 0 spiro atoms. The zero-order valence-corrected chi connectivity index (χ0v) is 18.4. The molecule has 3 aromatic rings. The maximum atomic E-state index is 12.9. The summed E-state index contributed by atoms with van der Waals surface area (Å²) < 4.78 is 7.06. The average Bonchev–Trinajstić information content (AvgIpc) is 3.14. The molecule has 1 atom stereocenters. The van der Waals surface area contributed by atoms with Crippen LogP contribution in [0.5, 0.6) is 5.75 Å². The number of thioether (sulfide) groups is 1. The maximum absolute atomic E-state index is 12.9. The van der Waals surface area contributed by atoms with Crippen LogP contribution in [0.1, 0.15) is 49.2 Å². The van der Waals surface area contributed by atoms with Gasteiger partial charge in [0.15, 0.2) is 5.78 Å². The maximum Gasteiger partial charge on any atom is 0.214 e. The van der Waals surface area contributed by atoms with Gasteiger partial charge in [-0.1, -0.05) is 62.9 Å². The molecule has 152 valence electrons. The fraction of sp³-hybridized carbons (Fsp3) is 0.364. The predicted octanol–water partition coefficient (Wildman–Crippen LogP) is 4.64. The van der Waals surface area contributed by atoms with E-state index >= 15 is 0 Å². The van der Waals surface area contributed by atoms with E-state index in [1.807, 2.05) is 56.3 Å². The van der Waals surface area contributed by atoms with Gasteiger partial charge in [0.1, 0.15) is 11.4 Å². The zero-order chi connectivity index (χ0) is 21.2. The van der Waals surface area contributed by atoms with Crippen LogP contribution in [-0.4, -0.2) is 38.4 Å². The number of carbonyl (C=O) groups excluding carboxylic acids is 1. The zero-order valence-electron chi connectivity index (χ0n) is 17.6. The molecule has 0 aliphatic carbocycles. The SMILES string of the molecule is COc1ccc(C)cc1-n1nnnc1S[C@@H](C)C(=O)c1ccc(C(C)(C)C)cc1. The number of tetrazole rings is 1. The number of methoxy groups -OCH3 is 1. The summed E-state index contributed by atoms with van der Waals surface area (Å²) in [7, 11) is 1.61. The van der Waals surface area contributed by atoms with Crippen molar-refractivity contribution in [2.45, 2.75) is 50.4 Å². The monoisotopic (exact) mass is 410 g/mol. The summed E-state index contributed by atoms with van der Waals surface area (Å²) in [5.41, 5.74) is 3.75. The van der Waals surface area contributed by atoms with Crippen molar-refractivity contribution in [1.82, 2.24) is 20.2 Å². The molecule has 0 bridgehead atoms. The van der Waals surface area contributed by atoms with Gasteiger partial charge >= 0.3 is 0 Å². The summed E-state index contributed by atoms with van der Waals surface area (Å²) in [5.74, 6) is 0.711. The summed E-state index contributed by atoms with van der Waals surface area (Å²) >= 11 is 1.33. The second kappa shape index (κ2) is 8.37. The lowest BCUT2D eigenvalue weighted by Crippen LogP contribution is -2.16. The lowest BCUT2D eigenvalue weighted by Gasteiger charge is -2.19. The first-order valence-corrected chi connectivity index (χ1v) is 10.3. The number of aromatic nitrogens is 4. The molecule has 1 aromatic heterocycles. The standard InChI is InChI=1S/C22H26N4O2S/c1-14-7-12-19(28-6)18(13-14)26-21(23-24-25-26)29-15(2)20(27)16-8-10-17(11-9-16)22(3,4)5/h7-13,15H,1-6H3/t15-/m0/s1. The highest BCUT2D eigenvalue weighted by Crippen LogP contribution is 2.30. The molecule has 0 amide bonds. The average molecular weight is 411 g/mol. The summed E-state index contributed by atoms with van der Waals surface area (Å²) in [6.07, 6.45) is 0. The van der Waals surface area contributed by atoms with Crippen molar-refractivity contribution >= 4 is 17.5 Å². The predicted molar refractivity (Wildman–Crippen MR) is 115 cm³/mol. The Bertz CT molecular complexity index is 1010. The molecule has 7 heteroatoms. The molecular formula is C22H26N4O2S. The lowest BCUT2D eigenvalue weighted by atomic mass is 9.86. The molecule has 0 saturated heterocycles. The minimum atomic E-state index is -0.337. The number of rotatable bonds is 6. The van der Waals surface area contributed by atoms with Gasteiger partial charge in [0.05, 0.1) is 12.4 Å². The van der Waals surface area contributed by atoms with Crippen LogP contribution in [0, 0.1) is 6.92 Å². The van der Waals surface area contributed by atoms with Crippen LogP contribution < -0.4 is 4.74 Å². The van der Waals surface area contributed by atoms with Gasteiger partial charge in [-0.25, -0.2) is 0 Å². The van der Waals surface area contributed by atoms with Crippen molar-refractivity contribution in [3.63, 3.8) is 0 Å². The molecule has 0 fully saturated rings. The number of ketones is 1. The van der Waals surface area contributed by atoms with Crippen molar-refractivity contribution in [3.05, 3.63) is 59.2 Å². The van der Waals surface area contributed by atoms with E-state index in [2.05, 4.69) is 36.3 Å². The third-order valence-corrected chi connectivity index (χ3v) is 5.72. The molecule has 3 rings (SSSR count). The fourth-order valence-electron chi connectivity index (χ4n) is 2.95. The second-order valence-corrected chi connectivity index (χ2v) is 9.31. The molecule has 0 unspecified atom stereocenters. The van der Waals surface area contributed by atoms with E-state index in [0.717, 1.165) is 11.3 Å². The largest absolute Gasteiger partial charge is 0.494 e. The molecule has 0 saturated carbocycles. The smallest absolute Gasteiger partial charge is 0.214 e. The Morgan fingerprint density at radius 2 is 1.83 bits per heavy atom. The molecule has 2 aromatic carbocycles. The number of nitrogens with zero attached hydrogens (tertiary/aromatic N) is 4. The van der Waals surface area contributed by atoms with Gasteiger partial charge < -0.3 is 4.74 Å². The van der Waals surface area contributed by atoms with E-state index in [9.17, 15) is 4.79 Å². The highest BCUT2D eigenvalue weighted by Gasteiger charge is 2.22. The summed E-state index contributed by atoms with van der Waals surface area (Å²) in [4.78, 5) is 12.9. The van der Waals surface area contributed by atoms with Crippen LogP contribution in [0.15, 0.2) is 47.6 Å². The van der Waals surface area contributed by atoms with Gasteiger partial charge in [-0.3, -0.25) is 4.79 Å². The third-order valence-electron chi connectivity index (χ3n) is 4.69. The van der Waals surface area contributed by atoms with Gasteiger partial charge in [0, 0.05) is 5.56 Å². The topological polar surface area (TPSA) is 69.9 Å². The molecule has 0 aliphatic rings. The summed E-state index contributed by atoms with van der Waals surface area (Å²) in [6.45, 7) is 10.3. The number of carbonyl (C=O) groups is 1. The minimum absolute atomic E-state index is 0.0428. The first kappa shape index (κ1) is 21.0.